The first-order chi connectivity index (χ1) is 11.1. The SMILES string of the molecule is O=C(c1cnc(Nc2cccc(Cl)c2Cl)nc1)N1CCCCC1. The fraction of sp³-hybridized carbons (Fsp3) is 0.312. The number of halogens is 2. The lowest BCUT2D eigenvalue weighted by molar-refractivity contribution is 0.0723. The van der Waals surface area contributed by atoms with Gasteiger partial charge >= 0.3 is 0 Å². The molecule has 0 unspecified atom stereocenters. The van der Waals surface area contributed by atoms with Crippen LogP contribution in [0.15, 0.2) is 30.6 Å². The maximum atomic E-state index is 12.4. The van der Waals surface area contributed by atoms with Crippen LogP contribution in [0.25, 0.3) is 0 Å². The molecule has 1 aliphatic rings. The third kappa shape index (κ3) is 3.74. The number of carbonyl (C=O) groups excluding carboxylic acids is 1. The monoisotopic (exact) mass is 350 g/mol. The Morgan fingerprint density at radius 3 is 2.48 bits per heavy atom. The van der Waals surface area contributed by atoms with Gasteiger partial charge in [0, 0.05) is 25.5 Å². The number of nitrogens with zero attached hydrogens (tertiary/aromatic N) is 3. The Hall–Kier alpha value is -1.85. The number of rotatable bonds is 3. The largest absolute Gasteiger partial charge is 0.339 e. The van der Waals surface area contributed by atoms with Gasteiger partial charge in [-0.05, 0) is 31.4 Å². The quantitative estimate of drug-likeness (QED) is 0.902. The van der Waals surface area contributed by atoms with Gasteiger partial charge in [-0.15, -0.1) is 0 Å². The highest BCUT2D eigenvalue weighted by atomic mass is 35.5. The number of hydrogen-bond acceptors (Lipinski definition) is 4. The predicted octanol–water partition coefficient (Wildman–Crippen LogP) is 4.15. The van der Waals surface area contributed by atoms with E-state index in [1.54, 1.807) is 18.2 Å². The summed E-state index contributed by atoms with van der Waals surface area (Å²) in [7, 11) is 0. The van der Waals surface area contributed by atoms with E-state index in [0.29, 0.717) is 27.2 Å². The van der Waals surface area contributed by atoms with E-state index in [4.69, 9.17) is 23.2 Å². The molecule has 1 aliphatic heterocycles. The van der Waals surface area contributed by atoms with Crippen molar-refractivity contribution in [3.8, 4) is 0 Å². The van der Waals surface area contributed by atoms with Crippen LogP contribution in [0.2, 0.25) is 10.0 Å². The third-order valence-electron chi connectivity index (χ3n) is 3.74. The maximum Gasteiger partial charge on any atom is 0.256 e. The molecule has 7 heteroatoms. The fourth-order valence-electron chi connectivity index (χ4n) is 2.50. The van der Waals surface area contributed by atoms with Crippen molar-refractivity contribution in [2.45, 2.75) is 19.3 Å². The number of carbonyl (C=O) groups is 1. The Labute approximate surface area is 144 Å². The molecule has 0 spiro atoms. The van der Waals surface area contributed by atoms with E-state index in [1.807, 2.05) is 4.90 Å². The zero-order valence-corrected chi connectivity index (χ0v) is 13.9. The minimum atomic E-state index is -0.0166. The van der Waals surface area contributed by atoms with Gasteiger partial charge in [0.15, 0.2) is 0 Å². The number of benzene rings is 1. The third-order valence-corrected chi connectivity index (χ3v) is 4.56. The molecule has 23 heavy (non-hydrogen) atoms. The average Bonchev–Trinajstić information content (AvgIpc) is 2.60. The smallest absolute Gasteiger partial charge is 0.256 e. The van der Waals surface area contributed by atoms with Crippen LogP contribution in [0.5, 0.6) is 0 Å². The molecule has 2 heterocycles. The predicted molar refractivity (Wildman–Crippen MR) is 91.5 cm³/mol. The molecule has 2 aromatic rings. The van der Waals surface area contributed by atoms with Crippen LogP contribution in [-0.2, 0) is 0 Å². The van der Waals surface area contributed by atoms with Crippen molar-refractivity contribution in [1.29, 1.82) is 0 Å². The van der Waals surface area contributed by atoms with Gasteiger partial charge in [-0.2, -0.15) is 0 Å². The van der Waals surface area contributed by atoms with Crippen molar-refractivity contribution < 1.29 is 4.79 Å². The maximum absolute atomic E-state index is 12.4. The summed E-state index contributed by atoms with van der Waals surface area (Å²) in [6.45, 7) is 1.61. The van der Waals surface area contributed by atoms with Crippen LogP contribution in [0.3, 0.4) is 0 Å². The normalized spacial score (nSPS) is 14.6. The fourth-order valence-corrected chi connectivity index (χ4v) is 2.85. The topological polar surface area (TPSA) is 58.1 Å². The van der Waals surface area contributed by atoms with E-state index in [0.717, 1.165) is 25.9 Å². The second kappa shape index (κ2) is 7.15. The summed E-state index contributed by atoms with van der Waals surface area (Å²) in [6.07, 6.45) is 6.36. The molecule has 0 saturated carbocycles. The summed E-state index contributed by atoms with van der Waals surface area (Å²) in [5.41, 5.74) is 1.11. The number of piperidine rings is 1. The highest BCUT2D eigenvalue weighted by molar-refractivity contribution is 6.43. The van der Waals surface area contributed by atoms with Gasteiger partial charge in [0.05, 0.1) is 21.3 Å². The molecule has 120 valence electrons. The van der Waals surface area contributed by atoms with Crippen LogP contribution in [0, 0.1) is 0 Å². The summed E-state index contributed by atoms with van der Waals surface area (Å²) < 4.78 is 0. The molecule has 1 N–H and O–H groups in total. The molecule has 3 rings (SSSR count). The summed E-state index contributed by atoms with van der Waals surface area (Å²) in [5.74, 6) is 0.349. The standard InChI is InChI=1S/C16H16Cl2N4O/c17-12-5-4-6-13(14(12)18)21-16-19-9-11(10-20-16)15(23)22-7-2-1-3-8-22/h4-6,9-10H,1-3,7-8H2,(H,19,20,21). The molecule has 1 saturated heterocycles. The minimum absolute atomic E-state index is 0.0166. The highest BCUT2D eigenvalue weighted by Gasteiger charge is 2.18. The highest BCUT2D eigenvalue weighted by Crippen LogP contribution is 2.30. The van der Waals surface area contributed by atoms with E-state index in [9.17, 15) is 4.79 Å². The van der Waals surface area contributed by atoms with E-state index in [-0.39, 0.29) is 5.91 Å². The van der Waals surface area contributed by atoms with Crippen LogP contribution in [0.1, 0.15) is 29.6 Å². The Morgan fingerprint density at radius 1 is 1.09 bits per heavy atom. The van der Waals surface area contributed by atoms with Gasteiger partial charge < -0.3 is 10.2 Å². The zero-order valence-electron chi connectivity index (χ0n) is 12.4. The lowest BCUT2D eigenvalue weighted by Crippen LogP contribution is -2.35. The van der Waals surface area contributed by atoms with Crippen molar-refractivity contribution in [1.82, 2.24) is 14.9 Å². The van der Waals surface area contributed by atoms with Crippen molar-refractivity contribution >= 4 is 40.7 Å². The van der Waals surface area contributed by atoms with Crippen molar-refractivity contribution in [3.63, 3.8) is 0 Å². The molecular weight excluding hydrogens is 335 g/mol. The second-order valence-electron chi connectivity index (χ2n) is 5.37. The summed E-state index contributed by atoms with van der Waals surface area (Å²) >= 11 is 12.1. The first-order valence-corrected chi connectivity index (χ1v) is 8.23. The van der Waals surface area contributed by atoms with Crippen LogP contribution in [-0.4, -0.2) is 33.9 Å². The molecule has 1 aromatic heterocycles. The Kier molecular flexibility index (Phi) is 4.98. The number of amides is 1. The Bertz CT molecular complexity index is 700. The van der Waals surface area contributed by atoms with Gasteiger partial charge in [0.2, 0.25) is 5.95 Å². The van der Waals surface area contributed by atoms with Gasteiger partial charge in [-0.1, -0.05) is 29.3 Å². The number of aromatic nitrogens is 2. The molecule has 0 radical (unpaired) electrons. The summed E-state index contributed by atoms with van der Waals surface area (Å²) in [5, 5.41) is 3.86. The number of likely N-dealkylation sites (tertiary alicyclic amines) is 1. The molecule has 0 atom stereocenters. The summed E-state index contributed by atoms with van der Waals surface area (Å²) in [4.78, 5) is 22.6. The Balaban J connectivity index is 1.71. The van der Waals surface area contributed by atoms with Gasteiger partial charge in [0.25, 0.3) is 5.91 Å². The number of anilines is 2. The van der Waals surface area contributed by atoms with Crippen LogP contribution in [0.4, 0.5) is 11.6 Å². The molecule has 5 nitrogen and oxygen atoms in total. The van der Waals surface area contributed by atoms with Crippen molar-refractivity contribution in [2.75, 3.05) is 18.4 Å². The number of nitrogens with one attached hydrogen (secondary N) is 1. The van der Waals surface area contributed by atoms with Crippen molar-refractivity contribution in [2.24, 2.45) is 0 Å². The van der Waals surface area contributed by atoms with Gasteiger partial charge in [-0.25, -0.2) is 9.97 Å². The zero-order chi connectivity index (χ0) is 16.2. The Morgan fingerprint density at radius 2 is 1.78 bits per heavy atom. The average molecular weight is 351 g/mol. The van der Waals surface area contributed by atoms with Gasteiger partial charge in [0.1, 0.15) is 0 Å². The molecule has 0 aliphatic carbocycles. The molecule has 1 aromatic carbocycles. The van der Waals surface area contributed by atoms with E-state index in [1.165, 1.54) is 18.8 Å². The molecule has 1 fully saturated rings. The first-order valence-electron chi connectivity index (χ1n) is 7.47. The van der Waals surface area contributed by atoms with E-state index in [2.05, 4.69) is 15.3 Å². The van der Waals surface area contributed by atoms with Gasteiger partial charge in [-0.3, -0.25) is 4.79 Å². The van der Waals surface area contributed by atoms with E-state index >= 15 is 0 Å². The van der Waals surface area contributed by atoms with Crippen LogP contribution >= 0.6 is 23.2 Å². The number of hydrogen-bond donors (Lipinski definition) is 1. The lowest BCUT2D eigenvalue weighted by atomic mass is 10.1. The first kappa shape index (κ1) is 16.0. The van der Waals surface area contributed by atoms with E-state index < -0.39 is 0 Å². The second-order valence-corrected chi connectivity index (χ2v) is 6.16. The van der Waals surface area contributed by atoms with Crippen molar-refractivity contribution in [3.05, 3.63) is 46.2 Å². The lowest BCUT2D eigenvalue weighted by Gasteiger charge is -2.26. The molecule has 0 bridgehead atoms. The van der Waals surface area contributed by atoms with Crippen LogP contribution < -0.4 is 5.32 Å². The molecular formula is C16H16Cl2N4O. The summed E-state index contributed by atoms with van der Waals surface area (Å²) in [6, 6.07) is 5.27. The minimum Gasteiger partial charge on any atom is -0.339 e. The molecule has 1 amide bonds.